The fraction of sp³-hybridized carbons (Fsp3) is 0.222. The van der Waals surface area contributed by atoms with Gasteiger partial charge in [-0.1, -0.05) is 0 Å². The lowest BCUT2D eigenvalue weighted by Gasteiger charge is -2.05. The van der Waals surface area contributed by atoms with E-state index in [-0.39, 0.29) is 4.90 Å². The average Bonchev–Trinajstić information content (AvgIpc) is 2.47. The van der Waals surface area contributed by atoms with Gasteiger partial charge in [-0.2, -0.15) is 0 Å². The molecular formula is C9H10N2O2S. The predicted molar refractivity (Wildman–Crippen MR) is 55.3 cm³/mol. The molecule has 1 aliphatic rings. The van der Waals surface area contributed by atoms with Crippen LogP contribution in [-0.2, 0) is 16.4 Å². The number of sulfone groups is 1. The van der Waals surface area contributed by atoms with Crippen molar-refractivity contribution in [3.8, 4) is 0 Å². The largest absolute Gasteiger partial charge is 0.398 e. The third kappa shape index (κ3) is 1.39. The summed E-state index contributed by atoms with van der Waals surface area (Å²) < 4.78 is 22.7. The van der Waals surface area contributed by atoms with E-state index in [1.807, 2.05) is 0 Å². The van der Waals surface area contributed by atoms with Crippen molar-refractivity contribution in [3.05, 3.63) is 23.3 Å². The zero-order valence-electron chi connectivity index (χ0n) is 7.69. The second-order valence-electron chi connectivity index (χ2n) is 3.33. The van der Waals surface area contributed by atoms with Crippen LogP contribution in [-0.4, -0.2) is 20.9 Å². The normalized spacial score (nSPS) is 14.4. The first-order valence-electron chi connectivity index (χ1n) is 4.11. The smallest absolute Gasteiger partial charge is 0.177 e. The number of fused-ring (bicyclic) bond motifs is 1. The minimum absolute atomic E-state index is 0.196. The SMILES string of the molecule is CS(=O)(=O)c1cc2c(cc1N)C=NC2. The predicted octanol–water partition coefficient (Wildman–Crippen LogP) is 0.605. The van der Waals surface area contributed by atoms with Crippen LogP contribution in [0.1, 0.15) is 11.1 Å². The van der Waals surface area contributed by atoms with Crippen LogP contribution in [0, 0.1) is 0 Å². The molecule has 4 nitrogen and oxygen atoms in total. The van der Waals surface area contributed by atoms with Crippen molar-refractivity contribution in [1.29, 1.82) is 0 Å². The average molecular weight is 210 g/mol. The Bertz CT molecular complexity index is 518. The fourth-order valence-electron chi connectivity index (χ4n) is 1.48. The number of hydrogen-bond acceptors (Lipinski definition) is 4. The minimum Gasteiger partial charge on any atom is -0.398 e. The summed E-state index contributed by atoms with van der Waals surface area (Å²) in [6.45, 7) is 0.540. The first kappa shape index (κ1) is 9.21. The molecule has 0 unspecified atom stereocenters. The van der Waals surface area contributed by atoms with E-state index < -0.39 is 9.84 Å². The van der Waals surface area contributed by atoms with Gasteiger partial charge in [0.15, 0.2) is 9.84 Å². The number of hydrogen-bond donors (Lipinski definition) is 1. The van der Waals surface area contributed by atoms with E-state index in [1.165, 1.54) is 0 Å². The molecule has 1 aromatic rings. The van der Waals surface area contributed by atoms with Crippen molar-refractivity contribution in [2.24, 2.45) is 4.99 Å². The van der Waals surface area contributed by atoms with Crippen LogP contribution < -0.4 is 5.73 Å². The number of nitrogen functional groups attached to an aromatic ring is 1. The summed E-state index contributed by atoms with van der Waals surface area (Å²) in [6.07, 6.45) is 2.86. The maximum absolute atomic E-state index is 11.3. The number of benzene rings is 1. The highest BCUT2D eigenvalue weighted by Crippen LogP contribution is 2.25. The molecule has 74 valence electrons. The topological polar surface area (TPSA) is 72.5 Å². The fourth-order valence-corrected chi connectivity index (χ4v) is 2.32. The monoisotopic (exact) mass is 210 g/mol. The quantitative estimate of drug-likeness (QED) is 0.690. The van der Waals surface area contributed by atoms with Crippen molar-refractivity contribution >= 4 is 21.7 Å². The molecule has 14 heavy (non-hydrogen) atoms. The van der Waals surface area contributed by atoms with Crippen LogP contribution in [0.2, 0.25) is 0 Å². The third-order valence-corrected chi connectivity index (χ3v) is 3.32. The van der Waals surface area contributed by atoms with Gasteiger partial charge in [0.2, 0.25) is 0 Å². The highest BCUT2D eigenvalue weighted by Gasteiger charge is 2.16. The van der Waals surface area contributed by atoms with E-state index in [1.54, 1.807) is 18.3 Å². The molecule has 1 aromatic carbocycles. The number of anilines is 1. The van der Waals surface area contributed by atoms with Crippen LogP contribution >= 0.6 is 0 Å². The first-order valence-corrected chi connectivity index (χ1v) is 6.00. The molecule has 0 radical (unpaired) electrons. The Labute approximate surface area is 82.4 Å². The second-order valence-corrected chi connectivity index (χ2v) is 5.31. The first-order chi connectivity index (χ1) is 6.48. The van der Waals surface area contributed by atoms with Crippen LogP contribution in [0.15, 0.2) is 22.0 Å². The Morgan fingerprint density at radius 1 is 1.43 bits per heavy atom. The molecule has 0 fully saturated rings. The van der Waals surface area contributed by atoms with Crippen molar-refractivity contribution in [3.63, 3.8) is 0 Å². The van der Waals surface area contributed by atoms with E-state index in [9.17, 15) is 8.42 Å². The molecule has 0 bridgehead atoms. The van der Waals surface area contributed by atoms with Gasteiger partial charge in [0.25, 0.3) is 0 Å². The Balaban J connectivity index is 2.68. The molecule has 0 spiro atoms. The number of nitrogens with two attached hydrogens (primary N) is 1. The van der Waals surface area contributed by atoms with Crippen molar-refractivity contribution in [2.45, 2.75) is 11.4 Å². The Morgan fingerprint density at radius 2 is 2.14 bits per heavy atom. The van der Waals surface area contributed by atoms with E-state index in [4.69, 9.17) is 5.73 Å². The lowest BCUT2D eigenvalue weighted by Crippen LogP contribution is -2.04. The molecule has 0 saturated heterocycles. The van der Waals surface area contributed by atoms with Crippen LogP contribution in [0.5, 0.6) is 0 Å². The Hall–Kier alpha value is -1.36. The number of aliphatic imine (C=N–C) groups is 1. The molecule has 0 saturated carbocycles. The van der Waals surface area contributed by atoms with Gasteiger partial charge in [0.1, 0.15) is 0 Å². The Kier molecular flexibility index (Phi) is 1.85. The van der Waals surface area contributed by atoms with Crippen LogP contribution in [0.3, 0.4) is 0 Å². The molecular weight excluding hydrogens is 200 g/mol. The van der Waals surface area contributed by atoms with Gasteiger partial charge in [-0.3, -0.25) is 4.99 Å². The van der Waals surface area contributed by atoms with Crippen molar-refractivity contribution in [1.82, 2.24) is 0 Å². The summed E-state index contributed by atoms with van der Waals surface area (Å²) in [4.78, 5) is 4.24. The summed E-state index contributed by atoms with van der Waals surface area (Å²) in [5.41, 5.74) is 7.76. The van der Waals surface area contributed by atoms with E-state index in [0.29, 0.717) is 12.2 Å². The molecule has 2 rings (SSSR count). The van der Waals surface area contributed by atoms with Gasteiger partial charge >= 0.3 is 0 Å². The van der Waals surface area contributed by atoms with Gasteiger partial charge in [-0.25, -0.2) is 8.42 Å². The lowest BCUT2D eigenvalue weighted by atomic mass is 10.1. The van der Waals surface area contributed by atoms with Crippen LogP contribution in [0.25, 0.3) is 0 Å². The summed E-state index contributed by atoms with van der Waals surface area (Å²) in [6, 6.07) is 3.26. The second kappa shape index (κ2) is 2.81. The summed E-state index contributed by atoms with van der Waals surface area (Å²) in [7, 11) is -3.24. The summed E-state index contributed by atoms with van der Waals surface area (Å²) in [5.74, 6) is 0. The molecule has 2 N–H and O–H groups in total. The molecule has 0 atom stereocenters. The molecule has 5 heteroatoms. The van der Waals surface area contributed by atoms with Gasteiger partial charge in [0.05, 0.1) is 17.1 Å². The van der Waals surface area contributed by atoms with Gasteiger partial charge in [-0.05, 0) is 23.3 Å². The molecule has 0 amide bonds. The number of nitrogens with zero attached hydrogens (tertiary/aromatic N) is 1. The third-order valence-electron chi connectivity index (χ3n) is 2.16. The van der Waals surface area contributed by atoms with Crippen molar-refractivity contribution < 1.29 is 8.42 Å². The van der Waals surface area contributed by atoms with E-state index >= 15 is 0 Å². The van der Waals surface area contributed by atoms with Gasteiger partial charge in [-0.15, -0.1) is 0 Å². The highest BCUT2D eigenvalue weighted by molar-refractivity contribution is 7.90. The Morgan fingerprint density at radius 3 is 2.79 bits per heavy atom. The van der Waals surface area contributed by atoms with Crippen molar-refractivity contribution in [2.75, 3.05) is 12.0 Å². The standard InChI is InChI=1S/C9H10N2O2S/c1-14(12,13)9-3-7-5-11-4-6(7)2-8(9)10/h2-4H,5,10H2,1H3. The van der Waals surface area contributed by atoms with Gasteiger partial charge in [0, 0.05) is 12.5 Å². The number of rotatable bonds is 1. The lowest BCUT2D eigenvalue weighted by molar-refractivity contribution is 0.602. The maximum atomic E-state index is 11.3. The summed E-state index contributed by atoms with van der Waals surface area (Å²) in [5, 5.41) is 0. The van der Waals surface area contributed by atoms with Crippen LogP contribution in [0.4, 0.5) is 5.69 Å². The van der Waals surface area contributed by atoms with Gasteiger partial charge < -0.3 is 5.73 Å². The molecule has 0 aliphatic carbocycles. The zero-order valence-corrected chi connectivity index (χ0v) is 8.50. The zero-order chi connectivity index (χ0) is 10.3. The van der Waals surface area contributed by atoms with E-state index in [2.05, 4.69) is 4.99 Å². The molecule has 1 aliphatic heterocycles. The maximum Gasteiger partial charge on any atom is 0.177 e. The molecule has 1 heterocycles. The molecule has 0 aromatic heterocycles. The summed E-state index contributed by atoms with van der Waals surface area (Å²) >= 11 is 0. The highest BCUT2D eigenvalue weighted by atomic mass is 32.2. The minimum atomic E-state index is -3.24. The van der Waals surface area contributed by atoms with E-state index in [0.717, 1.165) is 17.4 Å².